The van der Waals surface area contributed by atoms with Gasteiger partial charge < -0.3 is 0 Å². The molecule has 0 saturated heterocycles. The summed E-state index contributed by atoms with van der Waals surface area (Å²) in [6.07, 6.45) is 2.19. The molecule has 0 atom stereocenters. The second kappa shape index (κ2) is 11.6. The van der Waals surface area contributed by atoms with Crippen molar-refractivity contribution in [3.63, 3.8) is 0 Å². The van der Waals surface area contributed by atoms with Gasteiger partial charge >= 0.3 is 0 Å². The smallest absolute Gasteiger partial charge is 0.145 e. The van der Waals surface area contributed by atoms with Crippen LogP contribution in [0.3, 0.4) is 0 Å². The fraction of sp³-hybridized carbons (Fsp3) is 0. The van der Waals surface area contributed by atoms with Crippen LogP contribution in [0.1, 0.15) is 0 Å². The number of aromatic nitrogens is 2. The van der Waals surface area contributed by atoms with Crippen molar-refractivity contribution in [1.82, 2.24) is 9.38 Å². The maximum Gasteiger partial charge on any atom is 0.145 e. The number of pyridine rings is 1. The van der Waals surface area contributed by atoms with E-state index in [1.165, 1.54) is 93.5 Å². The summed E-state index contributed by atoms with van der Waals surface area (Å²) in [5.74, 6) is 0. The standard InChI is InChI=1S/C53H32N2/c1-3-14-35(15-4-1)48-41-20-8-9-21-42(41)49(36-16-5-2-6-17-36)52-45-31-30-37(40-23-13-24-44(50(40)45)51(48)52)33-26-28-34(29-27-33)46-32-55-47-25-12-11-19-39(47)38-18-7-10-22-43(38)53(55)54-46/h1-32H. The van der Waals surface area contributed by atoms with Crippen LogP contribution in [0.4, 0.5) is 0 Å². The van der Waals surface area contributed by atoms with E-state index in [1.54, 1.807) is 0 Å². The first kappa shape index (κ1) is 30.2. The van der Waals surface area contributed by atoms with Crippen molar-refractivity contribution < 1.29 is 0 Å². The molecule has 0 unspecified atom stereocenters. The zero-order valence-electron chi connectivity index (χ0n) is 29.9. The van der Waals surface area contributed by atoms with Crippen LogP contribution in [0.15, 0.2) is 194 Å². The molecule has 11 aromatic rings. The van der Waals surface area contributed by atoms with Gasteiger partial charge in [0.2, 0.25) is 0 Å². The van der Waals surface area contributed by atoms with Crippen molar-refractivity contribution >= 4 is 48.9 Å². The minimum Gasteiger partial charge on any atom is -0.298 e. The minimum atomic E-state index is 0.970. The van der Waals surface area contributed by atoms with Crippen LogP contribution in [-0.2, 0) is 0 Å². The van der Waals surface area contributed by atoms with Gasteiger partial charge in [-0.2, -0.15) is 0 Å². The van der Waals surface area contributed by atoms with Crippen molar-refractivity contribution in [3.8, 4) is 66.9 Å². The van der Waals surface area contributed by atoms with E-state index in [9.17, 15) is 0 Å². The molecule has 0 spiro atoms. The highest BCUT2D eigenvalue weighted by molar-refractivity contribution is 6.28. The van der Waals surface area contributed by atoms with E-state index >= 15 is 0 Å². The first-order valence-electron chi connectivity index (χ1n) is 19.0. The van der Waals surface area contributed by atoms with Gasteiger partial charge in [0.25, 0.3) is 0 Å². The largest absolute Gasteiger partial charge is 0.298 e. The van der Waals surface area contributed by atoms with Crippen LogP contribution >= 0.6 is 0 Å². The molecule has 55 heavy (non-hydrogen) atoms. The van der Waals surface area contributed by atoms with Crippen molar-refractivity contribution in [2.75, 3.05) is 0 Å². The third-order valence-corrected chi connectivity index (χ3v) is 11.7. The Morgan fingerprint density at radius 3 is 1.49 bits per heavy atom. The molecule has 0 N–H and O–H groups in total. The van der Waals surface area contributed by atoms with E-state index in [2.05, 4.69) is 199 Å². The zero-order chi connectivity index (χ0) is 36.0. The second-order valence-electron chi connectivity index (χ2n) is 14.6. The van der Waals surface area contributed by atoms with E-state index in [1.807, 2.05) is 0 Å². The molecular weight excluding hydrogens is 665 g/mol. The van der Waals surface area contributed by atoms with Gasteiger partial charge in [-0.05, 0) is 88.6 Å². The summed E-state index contributed by atoms with van der Waals surface area (Å²) in [5.41, 5.74) is 17.0. The molecular formula is C53H32N2. The first-order valence-corrected chi connectivity index (χ1v) is 19.0. The molecule has 0 aliphatic heterocycles. The predicted molar refractivity (Wildman–Crippen MR) is 231 cm³/mol. The SMILES string of the molecule is c1ccc(-c2c3c(c(-c4ccccc4)c4ccccc24)-c2ccc(-c4ccc(-c5cn6c7ccccc7c7ccccc7c6n5)cc4)c4cccc-3c24)cc1. The summed E-state index contributed by atoms with van der Waals surface area (Å²) < 4.78 is 2.25. The molecule has 2 nitrogen and oxygen atoms in total. The molecule has 1 aliphatic carbocycles. The molecule has 1 aliphatic rings. The summed E-state index contributed by atoms with van der Waals surface area (Å²) >= 11 is 0. The Morgan fingerprint density at radius 1 is 0.309 bits per heavy atom. The summed E-state index contributed by atoms with van der Waals surface area (Å²) in [6, 6.07) is 68.6. The Hall–Kier alpha value is -7.29. The van der Waals surface area contributed by atoms with Crippen LogP contribution in [-0.4, -0.2) is 9.38 Å². The number of benzene rings is 9. The Bertz CT molecular complexity index is 3170. The molecule has 2 aromatic heterocycles. The monoisotopic (exact) mass is 696 g/mol. The Labute approximate surface area is 318 Å². The highest BCUT2D eigenvalue weighted by atomic mass is 15.0. The second-order valence-corrected chi connectivity index (χ2v) is 14.6. The number of para-hydroxylation sites is 1. The lowest BCUT2D eigenvalue weighted by Gasteiger charge is -2.20. The highest BCUT2D eigenvalue weighted by Gasteiger charge is 2.31. The Kier molecular flexibility index (Phi) is 6.37. The molecule has 0 fully saturated rings. The molecule has 0 saturated carbocycles. The number of fused-ring (bicyclic) bond motifs is 10. The van der Waals surface area contributed by atoms with Gasteiger partial charge in [-0.25, -0.2) is 4.98 Å². The fourth-order valence-electron chi connectivity index (χ4n) is 9.40. The molecule has 9 aromatic carbocycles. The van der Waals surface area contributed by atoms with Crippen molar-refractivity contribution in [3.05, 3.63) is 194 Å². The van der Waals surface area contributed by atoms with E-state index in [4.69, 9.17) is 4.98 Å². The number of nitrogens with zero attached hydrogens (tertiary/aromatic N) is 2. The van der Waals surface area contributed by atoms with Crippen molar-refractivity contribution in [1.29, 1.82) is 0 Å². The van der Waals surface area contributed by atoms with E-state index in [-0.39, 0.29) is 0 Å². The molecule has 0 amide bonds. The number of imidazole rings is 1. The summed E-state index contributed by atoms with van der Waals surface area (Å²) in [4.78, 5) is 5.22. The topological polar surface area (TPSA) is 17.3 Å². The summed E-state index contributed by atoms with van der Waals surface area (Å²) in [5, 5.41) is 8.78. The van der Waals surface area contributed by atoms with Crippen LogP contribution in [0.25, 0.3) is 116 Å². The normalized spacial score (nSPS) is 12.0. The molecule has 12 rings (SSSR count). The van der Waals surface area contributed by atoms with Gasteiger partial charge in [0, 0.05) is 22.5 Å². The van der Waals surface area contributed by atoms with Gasteiger partial charge in [-0.3, -0.25) is 4.40 Å². The highest BCUT2D eigenvalue weighted by Crippen LogP contribution is 2.58. The van der Waals surface area contributed by atoms with Gasteiger partial charge in [0.1, 0.15) is 5.65 Å². The van der Waals surface area contributed by atoms with Crippen LogP contribution < -0.4 is 0 Å². The lowest BCUT2D eigenvalue weighted by Crippen LogP contribution is -1.93. The maximum absolute atomic E-state index is 5.22. The molecule has 254 valence electrons. The fourth-order valence-corrected chi connectivity index (χ4v) is 9.40. The average molecular weight is 697 g/mol. The van der Waals surface area contributed by atoms with E-state index < -0.39 is 0 Å². The number of hydrogen-bond acceptors (Lipinski definition) is 1. The van der Waals surface area contributed by atoms with Crippen molar-refractivity contribution in [2.24, 2.45) is 0 Å². The maximum atomic E-state index is 5.22. The average Bonchev–Trinajstić information content (AvgIpc) is 3.86. The summed E-state index contributed by atoms with van der Waals surface area (Å²) in [7, 11) is 0. The lowest BCUT2D eigenvalue weighted by molar-refractivity contribution is 1.27. The van der Waals surface area contributed by atoms with Gasteiger partial charge in [0.05, 0.1) is 11.2 Å². The van der Waals surface area contributed by atoms with Gasteiger partial charge in [-0.15, -0.1) is 0 Å². The molecule has 2 heteroatoms. The van der Waals surface area contributed by atoms with Crippen molar-refractivity contribution in [2.45, 2.75) is 0 Å². The first-order chi connectivity index (χ1) is 27.3. The van der Waals surface area contributed by atoms with Gasteiger partial charge in [-0.1, -0.05) is 182 Å². The predicted octanol–water partition coefficient (Wildman–Crippen LogP) is 14.3. The van der Waals surface area contributed by atoms with Crippen LogP contribution in [0.5, 0.6) is 0 Å². The number of rotatable bonds is 4. The molecule has 0 bridgehead atoms. The molecule has 0 radical (unpaired) electrons. The third kappa shape index (κ3) is 4.34. The number of hydrogen-bond donors (Lipinski definition) is 0. The minimum absolute atomic E-state index is 0.970. The van der Waals surface area contributed by atoms with E-state index in [0.29, 0.717) is 0 Å². The third-order valence-electron chi connectivity index (χ3n) is 11.7. The van der Waals surface area contributed by atoms with Crippen LogP contribution in [0, 0.1) is 0 Å². The van der Waals surface area contributed by atoms with E-state index in [0.717, 1.165) is 22.3 Å². The lowest BCUT2D eigenvalue weighted by atomic mass is 9.82. The quantitative estimate of drug-likeness (QED) is 0.167. The summed E-state index contributed by atoms with van der Waals surface area (Å²) in [6.45, 7) is 0. The Balaban J connectivity index is 1.05. The zero-order valence-corrected chi connectivity index (χ0v) is 29.9. The van der Waals surface area contributed by atoms with Gasteiger partial charge in [0.15, 0.2) is 0 Å². The van der Waals surface area contributed by atoms with Crippen LogP contribution in [0.2, 0.25) is 0 Å². The Morgan fingerprint density at radius 2 is 0.818 bits per heavy atom. The molecule has 2 heterocycles.